The van der Waals surface area contributed by atoms with Gasteiger partial charge in [-0.25, -0.2) is 4.39 Å². The molecule has 0 aliphatic heterocycles. The van der Waals surface area contributed by atoms with Crippen LogP contribution in [0.2, 0.25) is 0 Å². The molecule has 2 rings (SSSR count). The van der Waals surface area contributed by atoms with E-state index in [9.17, 15) is 4.39 Å². The first-order chi connectivity index (χ1) is 9.06. The maximum Gasteiger partial charge on any atom is 0.129 e. The molecule has 2 aromatic rings. The van der Waals surface area contributed by atoms with Crippen LogP contribution < -0.4 is 10.1 Å². The lowest BCUT2D eigenvalue weighted by Gasteiger charge is -2.19. The Morgan fingerprint density at radius 3 is 2.53 bits per heavy atom. The molecule has 1 atom stereocenters. The van der Waals surface area contributed by atoms with Gasteiger partial charge in [0.15, 0.2) is 0 Å². The summed E-state index contributed by atoms with van der Waals surface area (Å²) in [6, 6.07) is 5.39. The standard InChI is InChI=1S/C15H18FNOS/c1-9-5-10(2)14(12(16)6-9)15(17-3)13-7-11(18-4)8-19-13/h5-8,15,17H,1-4H3. The monoisotopic (exact) mass is 279 g/mol. The number of thiophene rings is 1. The van der Waals surface area contributed by atoms with E-state index >= 15 is 0 Å². The molecular weight excluding hydrogens is 261 g/mol. The first-order valence-electron chi connectivity index (χ1n) is 6.13. The van der Waals surface area contributed by atoms with Crippen LogP contribution in [0.15, 0.2) is 23.6 Å². The smallest absolute Gasteiger partial charge is 0.129 e. The maximum atomic E-state index is 14.3. The number of methoxy groups -OCH3 is 1. The van der Waals surface area contributed by atoms with Gasteiger partial charge >= 0.3 is 0 Å². The Balaban J connectivity index is 2.47. The van der Waals surface area contributed by atoms with Gasteiger partial charge in [0, 0.05) is 15.8 Å². The van der Waals surface area contributed by atoms with Crippen LogP contribution in [0.25, 0.3) is 0 Å². The summed E-state index contributed by atoms with van der Waals surface area (Å²) < 4.78 is 19.4. The Morgan fingerprint density at radius 2 is 2.00 bits per heavy atom. The Labute approximate surface area is 117 Å². The highest BCUT2D eigenvalue weighted by Crippen LogP contribution is 2.33. The fourth-order valence-electron chi connectivity index (χ4n) is 2.31. The number of hydrogen-bond acceptors (Lipinski definition) is 3. The van der Waals surface area contributed by atoms with Crippen molar-refractivity contribution in [2.75, 3.05) is 14.2 Å². The fraction of sp³-hybridized carbons (Fsp3) is 0.333. The average molecular weight is 279 g/mol. The summed E-state index contributed by atoms with van der Waals surface area (Å²) in [6.45, 7) is 3.85. The molecule has 0 bridgehead atoms. The van der Waals surface area contributed by atoms with Crippen LogP contribution in [0.5, 0.6) is 5.75 Å². The summed E-state index contributed by atoms with van der Waals surface area (Å²) in [6.07, 6.45) is 0. The van der Waals surface area contributed by atoms with Crippen LogP contribution in [-0.4, -0.2) is 14.2 Å². The van der Waals surface area contributed by atoms with Crippen LogP contribution in [0.3, 0.4) is 0 Å². The Bertz CT molecular complexity index is 556. The minimum atomic E-state index is -0.163. The van der Waals surface area contributed by atoms with Crippen LogP contribution in [0.4, 0.5) is 4.39 Å². The zero-order chi connectivity index (χ0) is 14.0. The number of benzene rings is 1. The minimum Gasteiger partial charge on any atom is -0.496 e. The Hall–Kier alpha value is -1.39. The van der Waals surface area contributed by atoms with Crippen molar-refractivity contribution >= 4 is 11.3 Å². The van der Waals surface area contributed by atoms with E-state index in [0.717, 1.165) is 21.8 Å². The molecule has 19 heavy (non-hydrogen) atoms. The van der Waals surface area contributed by atoms with Crippen molar-refractivity contribution in [1.82, 2.24) is 5.32 Å². The topological polar surface area (TPSA) is 21.3 Å². The summed E-state index contributed by atoms with van der Waals surface area (Å²) in [5.41, 5.74) is 2.61. The number of halogens is 1. The second kappa shape index (κ2) is 5.72. The highest BCUT2D eigenvalue weighted by molar-refractivity contribution is 7.10. The molecule has 102 valence electrons. The van der Waals surface area contributed by atoms with Gasteiger partial charge in [-0.1, -0.05) is 6.07 Å². The Morgan fingerprint density at radius 1 is 1.26 bits per heavy atom. The highest BCUT2D eigenvalue weighted by Gasteiger charge is 2.20. The summed E-state index contributed by atoms with van der Waals surface area (Å²) >= 11 is 1.57. The summed E-state index contributed by atoms with van der Waals surface area (Å²) in [5, 5.41) is 5.12. The normalized spacial score (nSPS) is 12.5. The minimum absolute atomic E-state index is 0.144. The molecule has 0 amide bonds. The largest absolute Gasteiger partial charge is 0.496 e. The van der Waals surface area contributed by atoms with E-state index in [1.165, 1.54) is 0 Å². The lowest BCUT2D eigenvalue weighted by molar-refractivity contribution is 0.416. The lowest BCUT2D eigenvalue weighted by atomic mass is 9.97. The second-order valence-electron chi connectivity index (χ2n) is 4.59. The molecule has 4 heteroatoms. The van der Waals surface area contributed by atoms with E-state index in [1.807, 2.05) is 38.4 Å². The third-order valence-electron chi connectivity index (χ3n) is 3.17. The van der Waals surface area contributed by atoms with Crippen molar-refractivity contribution in [3.05, 3.63) is 51.0 Å². The third-order valence-corrected chi connectivity index (χ3v) is 4.15. The van der Waals surface area contributed by atoms with Crippen molar-refractivity contribution in [1.29, 1.82) is 0 Å². The Kier molecular flexibility index (Phi) is 4.22. The van der Waals surface area contributed by atoms with Crippen molar-refractivity contribution < 1.29 is 9.13 Å². The third kappa shape index (κ3) is 2.80. The molecular formula is C15H18FNOS. The lowest BCUT2D eigenvalue weighted by Crippen LogP contribution is -2.19. The van der Waals surface area contributed by atoms with Gasteiger partial charge in [-0.15, -0.1) is 11.3 Å². The molecule has 0 saturated heterocycles. The summed E-state index contributed by atoms with van der Waals surface area (Å²) in [4.78, 5) is 1.05. The zero-order valence-corrected chi connectivity index (χ0v) is 12.4. The van der Waals surface area contributed by atoms with Gasteiger partial charge < -0.3 is 10.1 Å². The first kappa shape index (κ1) is 14.0. The van der Waals surface area contributed by atoms with Crippen molar-refractivity contribution in [2.24, 2.45) is 0 Å². The van der Waals surface area contributed by atoms with Crippen molar-refractivity contribution in [3.63, 3.8) is 0 Å². The number of aryl methyl sites for hydroxylation is 2. The fourth-order valence-corrected chi connectivity index (χ4v) is 3.29. The van der Waals surface area contributed by atoms with Gasteiger partial charge in [0.05, 0.1) is 13.2 Å². The first-order valence-corrected chi connectivity index (χ1v) is 7.01. The highest BCUT2D eigenvalue weighted by atomic mass is 32.1. The van der Waals surface area contributed by atoms with E-state index in [0.29, 0.717) is 5.56 Å². The quantitative estimate of drug-likeness (QED) is 0.918. The number of ether oxygens (including phenoxy) is 1. The van der Waals surface area contributed by atoms with Gasteiger partial charge in [0.1, 0.15) is 11.6 Å². The van der Waals surface area contributed by atoms with E-state index in [4.69, 9.17) is 4.74 Å². The zero-order valence-electron chi connectivity index (χ0n) is 11.6. The van der Waals surface area contributed by atoms with Crippen molar-refractivity contribution in [3.8, 4) is 5.75 Å². The van der Waals surface area contributed by atoms with E-state index in [2.05, 4.69) is 5.32 Å². The second-order valence-corrected chi connectivity index (χ2v) is 5.53. The van der Waals surface area contributed by atoms with Gasteiger partial charge in [-0.3, -0.25) is 0 Å². The van der Waals surface area contributed by atoms with Crippen LogP contribution in [0, 0.1) is 19.7 Å². The van der Waals surface area contributed by atoms with Crippen LogP contribution in [-0.2, 0) is 0 Å². The number of hydrogen-bond donors (Lipinski definition) is 1. The van der Waals surface area contributed by atoms with Gasteiger partial charge in [-0.2, -0.15) is 0 Å². The molecule has 1 heterocycles. The molecule has 1 unspecified atom stereocenters. The molecule has 1 N–H and O–H groups in total. The average Bonchev–Trinajstić information content (AvgIpc) is 2.81. The molecule has 0 spiro atoms. The van der Waals surface area contributed by atoms with E-state index in [1.54, 1.807) is 24.5 Å². The molecule has 1 aromatic carbocycles. The number of nitrogens with one attached hydrogen (secondary N) is 1. The summed E-state index contributed by atoms with van der Waals surface area (Å²) in [5.74, 6) is 0.648. The molecule has 0 aliphatic rings. The molecule has 0 saturated carbocycles. The molecule has 1 aromatic heterocycles. The predicted octanol–water partition coefficient (Wildman–Crippen LogP) is 3.82. The molecule has 0 radical (unpaired) electrons. The molecule has 2 nitrogen and oxygen atoms in total. The molecule has 0 aliphatic carbocycles. The summed E-state index contributed by atoms with van der Waals surface area (Å²) in [7, 11) is 3.48. The van der Waals surface area contributed by atoms with Gasteiger partial charge in [0.2, 0.25) is 0 Å². The van der Waals surface area contributed by atoms with Crippen LogP contribution in [0.1, 0.15) is 27.6 Å². The predicted molar refractivity (Wildman–Crippen MR) is 77.6 cm³/mol. The SMILES string of the molecule is CNC(c1cc(OC)cs1)c1c(C)cc(C)cc1F. The maximum absolute atomic E-state index is 14.3. The van der Waals surface area contributed by atoms with Gasteiger partial charge in [0.25, 0.3) is 0 Å². The van der Waals surface area contributed by atoms with Crippen molar-refractivity contribution in [2.45, 2.75) is 19.9 Å². The molecule has 0 fully saturated rings. The van der Waals surface area contributed by atoms with Gasteiger partial charge in [-0.05, 0) is 44.2 Å². The van der Waals surface area contributed by atoms with E-state index < -0.39 is 0 Å². The van der Waals surface area contributed by atoms with Crippen LogP contribution >= 0.6 is 11.3 Å². The van der Waals surface area contributed by atoms with E-state index in [-0.39, 0.29) is 11.9 Å². The number of rotatable bonds is 4.